The van der Waals surface area contributed by atoms with Crippen LogP contribution in [0.2, 0.25) is 5.02 Å². The van der Waals surface area contributed by atoms with Crippen molar-refractivity contribution in [2.45, 2.75) is 0 Å². The highest BCUT2D eigenvalue weighted by atomic mass is 35.5. The Morgan fingerprint density at radius 1 is 0.964 bits per heavy atom. The van der Waals surface area contributed by atoms with Gasteiger partial charge in [-0.25, -0.2) is 0 Å². The fourth-order valence-corrected chi connectivity index (χ4v) is 3.58. The van der Waals surface area contributed by atoms with Crippen LogP contribution in [0.4, 0.5) is 5.82 Å². The molecule has 0 bridgehead atoms. The quantitative estimate of drug-likeness (QED) is 0.362. The lowest BCUT2D eigenvalue weighted by molar-refractivity contribution is 0.536. The fourth-order valence-electron chi connectivity index (χ4n) is 3.16. The van der Waals surface area contributed by atoms with Gasteiger partial charge >= 0.3 is 0 Å². The Morgan fingerprint density at radius 3 is 2.29 bits per heavy atom. The van der Waals surface area contributed by atoms with Crippen LogP contribution >= 0.6 is 23.8 Å². The maximum atomic E-state index is 6.55. The second-order valence-corrected chi connectivity index (χ2v) is 6.83. The zero-order chi connectivity index (χ0) is 19.3. The Balaban J connectivity index is 1.88. The minimum absolute atomic E-state index is 0.262. The van der Waals surface area contributed by atoms with E-state index in [1.54, 1.807) is 47.4 Å². The SMILES string of the molecule is Nc1c2c(-c3ccco3)c(-c3ccco3)oc2nc(=S)n1-c1ccc(Cl)cc1. The van der Waals surface area contributed by atoms with E-state index in [1.165, 1.54) is 0 Å². The summed E-state index contributed by atoms with van der Waals surface area (Å²) in [5, 5.41) is 1.20. The Hall–Kier alpha value is -3.29. The molecule has 1 aromatic carbocycles. The van der Waals surface area contributed by atoms with Gasteiger partial charge in [-0.05, 0) is 60.7 Å². The van der Waals surface area contributed by atoms with Crippen LogP contribution in [0.25, 0.3) is 39.6 Å². The summed E-state index contributed by atoms with van der Waals surface area (Å²) in [7, 11) is 0. The lowest BCUT2D eigenvalue weighted by Gasteiger charge is -2.11. The van der Waals surface area contributed by atoms with Gasteiger partial charge in [0, 0.05) is 10.7 Å². The highest BCUT2D eigenvalue weighted by molar-refractivity contribution is 7.71. The summed E-state index contributed by atoms with van der Waals surface area (Å²) in [5.41, 5.74) is 8.26. The molecule has 28 heavy (non-hydrogen) atoms. The van der Waals surface area contributed by atoms with Crippen LogP contribution in [0.5, 0.6) is 0 Å². The monoisotopic (exact) mass is 409 g/mol. The van der Waals surface area contributed by atoms with Gasteiger partial charge in [0.15, 0.2) is 11.5 Å². The minimum atomic E-state index is 0.262. The van der Waals surface area contributed by atoms with Crippen molar-refractivity contribution >= 4 is 40.7 Å². The Labute approximate surface area is 168 Å². The Morgan fingerprint density at radius 2 is 1.64 bits per heavy atom. The van der Waals surface area contributed by atoms with E-state index < -0.39 is 0 Å². The highest BCUT2D eigenvalue weighted by Crippen LogP contribution is 2.43. The lowest BCUT2D eigenvalue weighted by Crippen LogP contribution is -2.07. The molecule has 4 heterocycles. The smallest absolute Gasteiger partial charge is 0.234 e. The molecule has 0 aliphatic rings. The predicted octanol–water partition coefficient (Wildman–Crippen LogP) is 6.10. The molecule has 0 atom stereocenters. The first-order chi connectivity index (χ1) is 13.6. The number of nitrogens with two attached hydrogens (primary N) is 1. The number of hydrogen-bond acceptors (Lipinski definition) is 6. The maximum absolute atomic E-state index is 6.55. The molecule has 5 rings (SSSR count). The van der Waals surface area contributed by atoms with Gasteiger partial charge in [-0.2, -0.15) is 4.98 Å². The summed E-state index contributed by atoms with van der Waals surface area (Å²) in [5.74, 6) is 1.97. The van der Waals surface area contributed by atoms with Gasteiger partial charge in [0.05, 0.1) is 23.5 Å². The van der Waals surface area contributed by atoms with E-state index >= 15 is 0 Å². The average molecular weight is 410 g/mol. The first-order valence-corrected chi connectivity index (χ1v) is 9.11. The molecule has 0 radical (unpaired) electrons. The van der Waals surface area contributed by atoms with Gasteiger partial charge in [-0.3, -0.25) is 4.57 Å². The zero-order valence-electron chi connectivity index (χ0n) is 14.3. The molecule has 0 aliphatic heterocycles. The topological polar surface area (TPSA) is 83.3 Å². The summed E-state index contributed by atoms with van der Waals surface area (Å²) >= 11 is 11.5. The van der Waals surface area contributed by atoms with Crippen LogP contribution in [0.3, 0.4) is 0 Å². The van der Waals surface area contributed by atoms with Crippen molar-refractivity contribution in [1.82, 2.24) is 9.55 Å². The second kappa shape index (κ2) is 6.40. The molecule has 8 heteroatoms. The number of nitrogens with zero attached hydrogens (tertiary/aromatic N) is 2. The lowest BCUT2D eigenvalue weighted by atomic mass is 10.1. The third kappa shape index (κ3) is 2.56. The van der Waals surface area contributed by atoms with Crippen LogP contribution in [-0.2, 0) is 0 Å². The number of furan rings is 3. The van der Waals surface area contributed by atoms with Crippen LogP contribution in [0.15, 0.2) is 74.3 Å². The molecular formula is C20H12ClN3O3S. The van der Waals surface area contributed by atoms with Crippen molar-refractivity contribution in [3.8, 4) is 28.5 Å². The van der Waals surface area contributed by atoms with E-state index in [0.717, 1.165) is 5.69 Å². The fraction of sp³-hybridized carbons (Fsp3) is 0. The summed E-state index contributed by atoms with van der Waals surface area (Å²) in [6, 6.07) is 14.4. The minimum Gasteiger partial charge on any atom is -0.464 e. The number of halogens is 1. The van der Waals surface area contributed by atoms with Gasteiger partial charge in [-0.15, -0.1) is 0 Å². The summed E-state index contributed by atoms with van der Waals surface area (Å²) in [6.45, 7) is 0. The summed E-state index contributed by atoms with van der Waals surface area (Å²) in [6.07, 6.45) is 3.15. The first-order valence-electron chi connectivity index (χ1n) is 8.32. The molecule has 0 unspecified atom stereocenters. The van der Waals surface area contributed by atoms with Gasteiger partial charge in [-0.1, -0.05) is 11.6 Å². The molecule has 0 amide bonds. The molecule has 0 saturated heterocycles. The van der Waals surface area contributed by atoms with E-state index in [4.69, 9.17) is 42.8 Å². The second-order valence-electron chi connectivity index (χ2n) is 6.03. The molecule has 5 aromatic rings. The standard InChI is InChI=1S/C20H12ClN3O3S/c21-11-5-7-12(8-6-11)24-18(22)16-15(13-3-1-9-25-13)17(14-4-2-10-26-14)27-19(16)23-20(24)28/h1-10H,22H2. The van der Waals surface area contributed by atoms with Crippen molar-refractivity contribution in [1.29, 1.82) is 0 Å². The van der Waals surface area contributed by atoms with Crippen LogP contribution in [0, 0.1) is 4.77 Å². The highest BCUT2D eigenvalue weighted by Gasteiger charge is 2.26. The van der Waals surface area contributed by atoms with E-state index in [0.29, 0.717) is 44.8 Å². The Bertz CT molecular complexity index is 1330. The molecule has 6 nitrogen and oxygen atoms in total. The van der Waals surface area contributed by atoms with Crippen molar-refractivity contribution < 1.29 is 13.3 Å². The molecule has 4 aromatic heterocycles. The number of anilines is 1. The van der Waals surface area contributed by atoms with Gasteiger partial charge < -0.3 is 19.0 Å². The molecule has 0 saturated carbocycles. The normalized spacial score (nSPS) is 11.3. The number of fused-ring (bicyclic) bond motifs is 1. The van der Waals surface area contributed by atoms with E-state index in [-0.39, 0.29) is 4.77 Å². The number of rotatable bonds is 3. The molecule has 0 spiro atoms. The number of aromatic nitrogens is 2. The number of hydrogen-bond donors (Lipinski definition) is 1. The van der Waals surface area contributed by atoms with E-state index in [2.05, 4.69) is 4.98 Å². The average Bonchev–Trinajstić information content (AvgIpc) is 3.43. The largest absolute Gasteiger partial charge is 0.464 e. The third-order valence-corrected chi connectivity index (χ3v) is 4.90. The van der Waals surface area contributed by atoms with Crippen molar-refractivity contribution in [3.05, 3.63) is 70.9 Å². The summed E-state index contributed by atoms with van der Waals surface area (Å²) < 4.78 is 19.1. The van der Waals surface area contributed by atoms with E-state index in [9.17, 15) is 0 Å². The molecule has 138 valence electrons. The van der Waals surface area contributed by atoms with Crippen LogP contribution < -0.4 is 5.73 Å². The predicted molar refractivity (Wildman–Crippen MR) is 109 cm³/mol. The number of nitrogen functional groups attached to an aromatic ring is 1. The van der Waals surface area contributed by atoms with Gasteiger partial charge in [0.2, 0.25) is 10.5 Å². The van der Waals surface area contributed by atoms with E-state index in [1.807, 2.05) is 18.2 Å². The molecule has 0 aliphatic carbocycles. The Kier molecular flexibility index (Phi) is 3.85. The van der Waals surface area contributed by atoms with Gasteiger partial charge in [0.25, 0.3) is 0 Å². The third-order valence-electron chi connectivity index (χ3n) is 4.37. The zero-order valence-corrected chi connectivity index (χ0v) is 15.8. The van der Waals surface area contributed by atoms with Crippen LogP contribution in [0.1, 0.15) is 0 Å². The molecule has 2 N–H and O–H groups in total. The van der Waals surface area contributed by atoms with Crippen molar-refractivity contribution in [2.24, 2.45) is 0 Å². The van der Waals surface area contributed by atoms with Crippen molar-refractivity contribution in [2.75, 3.05) is 5.73 Å². The van der Waals surface area contributed by atoms with Gasteiger partial charge in [0.1, 0.15) is 11.6 Å². The molecular weight excluding hydrogens is 398 g/mol. The molecule has 0 fully saturated rings. The first kappa shape index (κ1) is 16.9. The number of benzene rings is 1. The maximum Gasteiger partial charge on any atom is 0.234 e. The summed E-state index contributed by atoms with van der Waals surface area (Å²) in [4.78, 5) is 4.45. The van der Waals surface area contributed by atoms with Crippen LogP contribution in [-0.4, -0.2) is 9.55 Å². The van der Waals surface area contributed by atoms with Crippen molar-refractivity contribution in [3.63, 3.8) is 0 Å².